The van der Waals surface area contributed by atoms with Crippen LogP contribution in [0.25, 0.3) is 11.6 Å². The Balaban J connectivity index is 1.63. The Morgan fingerprint density at radius 3 is 2.03 bits per heavy atom. The molecular weight excluding hydrogens is 416 g/mol. The molecule has 0 spiro atoms. The predicted molar refractivity (Wildman–Crippen MR) is 119 cm³/mol. The summed E-state index contributed by atoms with van der Waals surface area (Å²) in [6.45, 7) is -0.562. The molecule has 0 unspecified atom stereocenters. The van der Waals surface area contributed by atoms with E-state index in [0.717, 1.165) is 5.56 Å². The van der Waals surface area contributed by atoms with Gasteiger partial charge < -0.3 is 4.74 Å². The third kappa shape index (κ3) is 6.55. The molecule has 6 nitrogen and oxygen atoms in total. The van der Waals surface area contributed by atoms with Crippen molar-refractivity contribution < 1.29 is 19.1 Å². The highest BCUT2D eigenvalue weighted by atomic mass is 35.5. The number of hydrazine groups is 1. The Morgan fingerprint density at radius 2 is 1.39 bits per heavy atom. The number of nitrogens with one attached hydrogen (secondary N) is 2. The first-order valence-electron chi connectivity index (χ1n) is 9.37. The molecule has 7 heteroatoms. The van der Waals surface area contributed by atoms with E-state index in [4.69, 9.17) is 16.3 Å². The van der Waals surface area contributed by atoms with E-state index < -0.39 is 24.4 Å². The lowest BCUT2D eigenvalue weighted by Gasteiger charge is -2.10. The van der Waals surface area contributed by atoms with Gasteiger partial charge in [-0.15, -0.1) is 0 Å². The fourth-order valence-electron chi connectivity index (χ4n) is 2.64. The monoisotopic (exact) mass is 434 g/mol. The Labute approximate surface area is 184 Å². The summed E-state index contributed by atoms with van der Waals surface area (Å²) in [5.74, 6) is -1.84. The van der Waals surface area contributed by atoms with Crippen LogP contribution in [0, 0.1) is 0 Å². The summed E-state index contributed by atoms with van der Waals surface area (Å²) in [6.07, 6.45) is 1.67. The van der Waals surface area contributed by atoms with Crippen LogP contribution in [0.2, 0.25) is 5.02 Å². The Bertz CT molecular complexity index is 1080. The molecule has 0 aliphatic heterocycles. The zero-order valence-corrected chi connectivity index (χ0v) is 17.1. The number of halogens is 1. The Morgan fingerprint density at radius 1 is 0.774 bits per heavy atom. The molecule has 0 bridgehead atoms. The molecule has 31 heavy (non-hydrogen) atoms. The van der Waals surface area contributed by atoms with Crippen LogP contribution in [0.5, 0.6) is 0 Å². The molecule has 3 aromatic carbocycles. The summed E-state index contributed by atoms with van der Waals surface area (Å²) in [7, 11) is 0. The summed E-state index contributed by atoms with van der Waals surface area (Å²) < 4.78 is 5.16. The van der Waals surface area contributed by atoms with Crippen molar-refractivity contribution in [3.05, 3.63) is 107 Å². The van der Waals surface area contributed by atoms with Gasteiger partial charge in [0.05, 0.1) is 5.57 Å². The zero-order chi connectivity index (χ0) is 22.1. The third-order valence-corrected chi connectivity index (χ3v) is 4.42. The number of esters is 1. The minimum atomic E-state index is -0.685. The highest BCUT2D eigenvalue weighted by Crippen LogP contribution is 2.22. The van der Waals surface area contributed by atoms with E-state index in [1.165, 1.54) is 0 Å². The van der Waals surface area contributed by atoms with Crippen LogP contribution in [0.3, 0.4) is 0 Å². The molecule has 0 saturated heterocycles. The summed E-state index contributed by atoms with van der Waals surface area (Å²) in [4.78, 5) is 36.7. The predicted octanol–water partition coefficient (Wildman–Crippen LogP) is 3.89. The molecule has 0 heterocycles. The van der Waals surface area contributed by atoms with Crippen molar-refractivity contribution in [3.8, 4) is 0 Å². The zero-order valence-electron chi connectivity index (χ0n) is 16.4. The minimum Gasteiger partial charge on any atom is -0.452 e. The number of rotatable bonds is 6. The van der Waals surface area contributed by atoms with Gasteiger partial charge in [0.2, 0.25) is 0 Å². The number of benzene rings is 3. The number of hydrogen-bond donors (Lipinski definition) is 2. The average molecular weight is 435 g/mol. The molecule has 0 fully saturated rings. The van der Waals surface area contributed by atoms with Gasteiger partial charge in [0.15, 0.2) is 6.61 Å². The summed E-state index contributed by atoms with van der Waals surface area (Å²) in [5.41, 5.74) is 6.53. The van der Waals surface area contributed by atoms with Gasteiger partial charge in [-0.2, -0.15) is 0 Å². The van der Waals surface area contributed by atoms with Crippen LogP contribution in [-0.4, -0.2) is 24.4 Å². The smallest absolute Gasteiger partial charge is 0.339 e. The fourth-order valence-corrected chi connectivity index (χ4v) is 2.76. The van der Waals surface area contributed by atoms with E-state index in [2.05, 4.69) is 10.9 Å². The van der Waals surface area contributed by atoms with Crippen molar-refractivity contribution in [2.75, 3.05) is 6.61 Å². The van der Waals surface area contributed by atoms with E-state index in [1.54, 1.807) is 60.7 Å². The quantitative estimate of drug-likeness (QED) is 0.267. The lowest BCUT2D eigenvalue weighted by molar-refractivity contribution is -0.143. The first kappa shape index (κ1) is 21.8. The largest absolute Gasteiger partial charge is 0.452 e. The number of ether oxygens (including phenoxy) is 1. The summed E-state index contributed by atoms with van der Waals surface area (Å²) in [5, 5.41) is 0.532. The second kappa shape index (κ2) is 10.8. The van der Waals surface area contributed by atoms with Crippen molar-refractivity contribution in [2.24, 2.45) is 0 Å². The first-order valence-corrected chi connectivity index (χ1v) is 9.75. The van der Waals surface area contributed by atoms with Gasteiger partial charge in [-0.3, -0.25) is 20.4 Å². The van der Waals surface area contributed by atoms with Gasteiger partial charge in [0.25, 0.3) is 11.8 Å². The van der Waals surface area contributed by atoms with Crippen LogP contribution >= 0.6 is 11.6 Å². The average Bonchev–Trinajstić information content (AvgIpc) is 2.81. The fraction of sp³-hybridized carbons (Fsp3) is 0.0417. The number of carbonyl (C=O) groups excluding carboxylic acids is 3. The van der Waals surface area contributed by atoms with Gasteiger partial charge in [-0.1, -0.05) is 72.3 Å². The maximum atomic E-state index is 12.7. The Kier molecular flexibility index (Phi) is 7.56. The van der Waals surface area contributed by atoms with Crippen LogP contribution in [0.4, 0.5) is 0 Å². The van der Waals surface area contributed by atoms with Crippen LogP contribution in [0.1, 0.15) is 21.5 Å². The van der Waals surface area contributed by atoms with Crippen LogP contribution in [0.15, 0.2) is 84.9 Å². The van der Waals surface area contributed by atoms with E-state index in [1.807, 2.05) is 30.3 Å². The van der Waals surface area contributed by atoms with E-state index in [0.29, 0.717) is 16.1 Å². The number of carbonyl (C=O) groups is 3. The number of amides is 2. The van der Waals surface area contributed by atoms with Crippen molar-refractivity contribution >= 4 is 41.0 Å². The van der Waals surface area contributed by atoms with Gasteiger partial charge in [-0.05, 0) is 41.5 Å². The molecule has 156 valence electrons. The molecule has 3 aromatic rings. The lowest BCUT2D eigenvalue weighted by atomic mass is 10.0. The highest BCUT2D eigenvalue weighted by molar-refractivity contribution is 6.30. The third-order valence-electron chi connectivity index (χ3n) is 4.17. The SMILES string of the molecule is O=C(COC(=O)/C(=C/c1ccccc1)c1ccc(Cl)cc1)NNC(=O)c1ccccc1. The van der Waals surface area contributed by atoms with E-state index in [9.17, 15) is 14.4 Å². The van der Waals surface area contributed by atoms with E-state index >= 15 is 0 Å². The highest BCUT2D eigenvalue weighted by Gasteiger charge is 2.16. The maximum Gasteiger partial charge on any atom is 0.339 e. The molecule has 0 aliphatic carbocycles. The molecule has 0 aromatic heterocycles. The second-order valence-electron chi connectivity index (χ2n) is 6.42. The topological polar surface area (TPSA) is 84.5 Å². The second-order valence-corrected chi connectivity index (χ2v) is 6.86. The van der Waals surface area contributed by atoms with Crippen molar-refractivity contribution in [1.82, 2.24) is 10.9 Å². The van der Waals surface area contributed by atoms with E-state index in [-0.39, 0.29) is 5.57 Å². The van der Waals surface area contributed by atoms with Gasteiger partial charge in [-0.25, -0.2) is 4.79 Å². The molecule has 2 N–H and O–H groups in total. The van der Waals surface area contributed by atoms with Gasteiger partial charge in [0, 0.05) is 10.6 Å². The molecule has 3 rings (SSSR count). The number of hydrogen-bond acceptors (Lipinski definition) is 4. The summed E-state index contributed by atoms with van der Waals surface area (Å²) >= 11 is 5.94. The van der Waals surface area contributed by atoms with Crippen molar-refractivity contribution in [2.45, 2.75) is 0 Å². The van der Waals surface area contributed by atoms with Crippen LogP contribution < -0.4 is 10.9 Å². The molecule has 0 atom stereocenters. The molecule has 0 saturated carbocycles. The first-order chi connectivity index (χ1) is 15.0. The van der Waals surface area contributed by atoms with Crippen molar-refractivity contribution in [1.29, 1.82) is 0 Å². The Hall–Kier alpha value is -3.90. The maximum absolute atomic E-state index is 12.7. The van der Waals surface area contributed by atoms with Gasteiger partial charge in [0.1, 0.15) is 0 Å². The lowest BCUT2D eigenvalue weighted by Crippen LogP contribution is -2.43. The summed E-state index contributed by atoms with van der Waals surface area (Å²) in [6, 6.07) is 24.3. The minimum absolute atomic E-state index is 0.268. The molecule has 0 radical (unpaired) electrons. The normalized spacial score (nSPS) is 10.8. The molecule has 2 amide bonds. The van der Waals surface area contributed by atoms with Crippen molar-refractivity contribution in [3.63, 3.8) is 0 Å². The van der Waals surface area contributed by atoms with Gasteiger partial charge >= 0.3 is 5.97 Å². The standard InChI is InChI=1S/C24H19ClN2O4/c25-20-13-11-18(12-14-20)21(15-17-7-3-1-4-8-17)24(30)31-16-22(28)26-27-23(29)19-9-5-2-6-10-19/h1-15H,16H2,(H,26,28)(H,27,29)/b21-15+. The molecular formula is C24H19ClN2O4. The van der Waals surface area contributed by atoms with Crippen LogP contribution in [-0.2, 0) is 14.3 Å². The molecule has 0 aliphatic rings.